The molecule has 0 saturated carbocycles. The van der Waals surface area contributed by atoms with Crippen molar-refractivity contribution in [3.8, 4) is 17.6 Å². The maximum absolute atomic E-state index is 9.66. The number of benzene rings is 1. The summed E-state index contributed by atoms with van der Waals surface area (Å²) in [6.07, 6.45) is 21.2. The summed E-state index contributed by atoms with van der Waals surface area (Å²) in [5.74, 6) is 1.06. The van der Waals surface area contributed by atoms with E-state index in [1.165, 1.54) is 96.3 Å². The Kier molecular flexibility index (Phi) is 25.0. The summed E-state index contributed by atoms with van der Waals surface area (Å²) in [5.41, 5.74) is 0.469. The zero-order valence-electron chi connectivity index (χ0n) is 25.4. The smallest absolute Gasteiger partial charge is 1.00 e. The molecule has 1 N–H and O–H groups in total. The summed E-state index contributed by atoms with van der Waals surface area (Å²) < 4.78 is 17.3. The van der Waals surface area contributed by atoms with Gasteiger partial charge in [-0.2, -0.15) is 5.26 Å². The number of aliphatic hydroxyl groups excluding tert-OH is 1. The van der Waals surface area contributed by atoms with Crippen LogP contribution in [0.5, 0.6) is 11.5 Å². The largest absolute Gasteiger partial charge is 1.00 e. The number of nitrogens with zero attached hydrogens (tertiary/aromatic N) is 1. The molecule has 0 bridgehead atoms. The molecular weight excluding hydrogens is 473 g/mol. The minimum Gasteiger partial charge on any atom is -1.00 e. The third-order valence-electron chi connectivity index (χ3n) is 6.39. The van der Waals surface area contributed by atoms with E-state index >= 15 is 0 Å². The van der Waals surface area contributed by atoms with Crippen LogP contribution in [0.1, 0.15) is 130 Å². The van der Waals surface area contributed by atoms with Crippen LogP contribution in [0.25, 0.3) is 0 Å². The van der Waals surface area contributed by atoms with Crippen molar-refractivity contribution in [1.29, 1.82) is 5.26 Å². The molecule has 0 aliphatic carbocycles. The molecule has 0 fully saturated rings. The number of nitriles is 1. The maximum atomic E-state index is 9.66. The first kappa shape index (κ1) is 36.2. The fraction of sp³-hybridized carbons (Fsp3) is 0.774. The summed E-state index contributed by atoms with van der Waals surface area (Å²) in [6.45, 7) is 7.01. The van der Waals surface area contributed by atoms with Crippen molar-refractivity contribution >= 4 is 0 Å². The second-order valence-corrected chi connectivity index (χ2v) is 10.2. The Morgan fingerprint density at radius 1 is 0.811 bits per heavy atom. The van der Waals surface area contributed by atoms with Crippen LogP contribution in [-0.2, 0) is 4.74 Å². The van der Waals surface area contributed by atoms with Gasteiger partial charge in [0.05, 0.1) is 24.9 Å². The quantitative estimate of drug-likeness (QED) is 0.142. The third kappa shape index (κ3) is 19.9. The monoisotopic (exact) mass is 527 g/mol. The zero-order chi connectivity index (χ0) is 26.3. The summed E-state index contributed by atoms with van der Waals surface area (Å²) in [6, 6.07) is 7.24. The molecule has 0 saturated heterocycles. The topological polar surface area (TPSA) is 71.7 Å². The molecule has 0 unspecified atom stereocenters. The number of unbranched alkanes of at least 4 members (excludes halogenated alkanes) is 15. The average Bonchev–Trinajstić information content (AvgIpc) is 2.87. The SMILES string of the molecule is CCCCCCCCCCCCCCCCCCOC[C@H](CO)Oc1ccc(C#N)c(OC(C)C)c1.[H-].[Na+]. The molecule has 208 valence electrons. The first-order chi connectivity index (χ1) is 17.6. The number of rotatable bonds is 24. The van der Waals surface area contributed by atoms with Gasteiger partial charge in [-0.25, -0.2) is 0 Å². The van der Waals surface area contributed by atoms with Crippen molar-refractivity contribution < 1.29 is 50.3 Å². The van der Waals surface area contributed by atoms with E-state index < -0.39 is 6.10 Å². The van der Waals surface area contributed by atoms with E-state index in [0.717, 1.165) is 6.42 Å². The Labute approximate surface area is 251 Å². The predicted molar refractivity (Wildman–Crippen MR) is 150 cm³/mol. The Morgan fingerprint density at radius 3 is 1.78 bits per heavy atom. The number of aliphatic hydroxyl groups is 1. The molecule has 0 aliphatic rings. The van der Waals surface area contributed by atoms with Crippen LogP contribution in [0.3, 0.4) is 0 Å². The van der Waals surface area contributed by atoms with Crippen molar-refractivity contribution in [2.75, 3.05) is 19.8 Å². The molecule has 0 radical (unpaired) electrons. The van der Waals surface area contributed by atoms with Gasteiger partial charge in [-0.1, -0.05) is 103 Å². The van der Waals surface area contributed by atoms with E-state index in [0.29, 0.717) is 30.3 Å². The van der Waals surface area contributed by atoms with Crippen LogP contribution < -0.4 is 39.0 Å². The molecule has 0 aliphatic heterocycles. The Bertz CT molecular complexity index is 699. The molecule has 6 heteroatoms. The van der Waals surface area contributed by atoms with Gasteiger partial charge in [-0.05, 0) is 32.4 Å². The predicted octanol–water partition coefficient (Wildman–Crippen LogP) is 5.48. The fourth-order valence-corrected chi connectivity index (χ4v) is 4.30. The van der Waals surface area contributed by atoms with Crippen LogP contribution >= 0.6 is 0 Å². The summed E-state index contributed by atoms with van der Waals surface area (Å²) in [4.78, 5) is 0. The van der Waals surface area contributed by atoms with Gasteiger partial charge in [0.15, 0.2) is 0 Å². The second-order valence-electron chi connectivity index (χ2n) is 10.2. The van der Waals surface area contributed by atoms with Crippen molar-refractivity contribution in [3.63, 3.8) is 0 Å². The zero-order valence-corrected chi connectivity index (χ0v) is 26.4. The molecule has 1 rings (SSSR count). The van der Waals surface area contributed by atoms with E-state index in [9.17, 15) is 10.4 Å². The molecule has 0 aromatic heterocycles. The Morgan fingerprint density at radius 2 is 1.32 bits per heavy atom. The first-order valence-electron chi connectivity index (χ1n) is 14.7. The second kappa shape index (κ2) is 25.5. The number of hydrogen-bond acceptors (Lipinski definition) is 5. The minimum absolute atomic E-state index is 0. The average molecular weight is 528 g/mol. The van der Waals surface area contributed by atoms with Crippen molar-refractivity contribution in [2.45, 2.75) is 136 Å². The van der Waals surface area contributed by atoms with Gasteiger partial charge in [0.2, 0.25) is 0 Å². The molecule has 37 heavy (non-hydrogen) atoms. The van der Waals surface area contributed by atoms with E-state index in [1.807, 2.05) is 13.8 Å². The third-order valence-corrected chi connectivity index (χ3v) is 6.39. The van der Waals surface area contributed by atoms with E-state index in [-0.39, 0.29) is 43.7 Å². The van der Waals surface area contributed by atoms with Crippen LogP contribution in [0.2, 0.25) is 0 Å². The van der Waals surface area contributed by atoms with Crippen LogP contribution in [0, 0.1) is 11.3 Å². The number of hydrogen-bond donors (Lipinski definition) is 1. The summed E-state index contributed by atoms with van der Waals surface area (Å²) >= 11 is 0. The van der Waals surface area contributed by atoms with Gasteiger partial charge in [0.25, 0.3) is 0 Å². The van der Waals surface area contributed by atoms with Crippen LogP contribution in [-0.4, -0.2) is 37.1 Å². The van der Waals surface area contributed by atoms with Gasteiger partial charge in [0, 0.05) is 12.7 Å². The van der Waals surface area contributed by atoms with Gasteiger partial charge < -0.3 is 20.7 Å². The standard InChI is InChI=1S/C31H53NO4.Na.H/c1-4-5-6-7-8-9-10-11-12-13-14-15-16-17-18-19-22-34-26-30(25-33)36-29-21-20-28(24-32)31(23-29)35-27(2)3;;/h20-21,23,27,30,33H,4-19,22,25-26H2,1-3H3;;/q;+1;-1/t30-;;/m0../s1. The summed E-state index contributed by atoms with van der Waals surface area (Å²) in [5, 5.41) is 18.9. The van der Waals surface area contributed by atoms with Crippen LogP contribution in [0.4, 0.5) is 0 Å². The number of ether oxygens (including phenoxy) is 3. The maximum Gasteiger partial charge on any atom is 1.00 e. The Balaban J connectivity index is 0. The van der Waals surface area contributed by atoms with Gasteiger partial charge >= 0.3 is 29.6 Å². The van der Waals surface area contributed by atoms with Gasteiger partial charge in [-0.3, -0.25) is 0 Å². The first-order valence-corrected chi connectivity index (χ1v) is 14.7. The summed E-state index contributed by atoms with van der Waals surface area (Å²) in [7, 11) is 0. The van der Waals surface area contributed by atoms with Gasteiger partial charge in [-0.15, -0.1) is 0 Å². The van der Waals surface area contributed by atoms with Crippen molar-refractivity contribution in [2.24, 2.45) is 0 Å². The van der Waals surface area contributed by atoms with E-state index in [1.54, 1.807) is 18.2 Å². The minimum atomic E-state index is -0.439. The normalized spacial score (nSPS) is 11.7. The van der Waals surface area contributed by atoms with Crippen LogP contribution in [0.15, 0.2) is 18.2 Å². The molecule has 1 aromatic rings. The Hall–Kier alpha value is -0.770. The van der Waals surface area contributed by atoms with Crippen molar-refractivity contribution in [1.82, 2.24) is 0 Å². The molecule has 0 spiro atoms. The molecule has 0 heterocycles. The van der Waals surface area contributed by atoms with Gasteiger partial charge in [0.1, 0.15) is 23.7 Å². The fourth-order valence-electron chi connectivity index (χ4n) is 4.30. The molecular formula is C31H54NNaO4. The molecule has 1 atom stereocenters. The van der Waals surface area contributed by atoms with Crippen molar-refractivity contribution in [3.05, 3.63) is 23.8 Å². The molecule has 1 aromatic carbocycles. The molecule has 5 nitrogen and oxygen atoms in total. The van der Waals surface area contributed by atoms with E-state index in [4.69, 9.17) is 14.2 Å². The van der Waals surface area contributed by atoms with E-state index in [2.05, 4.69) is 13.0 Å². The molecule has 0 amide bonds.